The molecule has 0 N–H and O–H groups in total. The minimum absolute atomic E-state index is 0.244. The van der Waals surface area contributed by atoms with E-state index in [2.05, 4.69) is 27.2 Å². The molecule has 2 aromatic carbocycles. The molecule has 0 aliphatic carbocycles. The van der Waals surface area contributed by atoms with E-state index >= 15 is 0 Å². The molecule has 0 aliphatic heterocycles. The Morgan fingerprint density at radius 3 is 2.52 bits per heavy atom. The maximum Gasteiger partial charge on any atom is 0.279 e. The second kappa shape index (κ2) is 7.92. The summed E-state index contributed by atoms with van der Waals surface area (Å²) in [5.41, 5.74) is 2.78. The van der Waals surface area contributed by atoms with Gasteiger partial charge >= 0.3 is 0 Å². The lowest BCUT2D eigenvalue weighted by Gasteiger charge is -2.03. The van der Waals surface area contributed by atoms with Crippen molar-refractivity contribution >= 4 is 17.2 Å². The number of hydrogen-bond acceptors (Lipinski definition) is 4. The van der Waals surface area contributed by atoms with Gasteiger partial charge in [0, 0.05) is 23.7 Å². The van der Waals surface area contributed by atoms with Crippen molar-refractivity contribution in [3.63, 3.8) is 0 Å². The summed E-state index contributed by atoms with van der Waals surface area (Å²) in [5.74, 6) is -0.244. The van der Waals surface area contributed by atoms with Gasteiger partial charge in [0.15, 0.2) is 4.80 Å². The summed E-state index contributed by atoms with van der Waals surface area (Å²) in [6, 6.07) is 17.5. The van der Waals surface area contributed by atoms with Crippen LogP contribution in [0.2, 0.25) is 0 Å². The third-order valence-corrected chi connectivity index (χ3v) is 4.86. The fraction of sp³-hybridized carbons (Fsp3) is 0.100. The van der Waals surface area contributed by atoms with E-state index in [1.54, 1.807) is 23.1 Å². The van der Waals surface area contributed by atoms with Crippen LogP contribution >= 0.6 is 11.3 Å². The number of carbonyl (C=O) groups is 1. The average Bonchev–Trinajstić information content (AvgIpc) is 3.36. The maximum atomic E-state index is 12.5. The molecule has 4 aromatic rings. The average molecular weight is 375 g/mol. The minimum Gasteiger partial charge on any atom is -0.319 e. The zero-order chi connectivity index (χ0) is 18.5. The number of aromatic nitrogens is 4. The van der Waals surface area contributed by atoms with Crippen LogP contribution < -0.4 is 4.80 Å². The topological polar surface area (TPSA) is 65.1 Å². The molecule has 2 aromatic heterocycles. The van der Waals surface area contributed by atoms with E-state index < -0.39 is 0 Å². The molecule has 1 amide bonds. The van der Waals surface area contributed by atoms with Gasteiger partial charge in [0.2, 0.25) is 0 Å². The Balaban J connectivity index is 1.51. The van der Waals surface area contributed by atoms with Crippen molar-refractivity contribution in [2.24, 2.45) is 4.99 Å². The van der Waals surface area contributed by atoms with Gasteiger partial charge in [-0.15, -0.1) is 11.3 Å². The van der Waals surface area contributed by atoms with Crippen LogP contribution in [-0.4, -0.2) is 25.2 Å². The highest BCUT2D eigenvalue weighted by molar-refractivity contribution is 7.07. The van der Waals surface area contributed by atoms with Crippen LogP contribution in [0, 0.1) is 0 Å². The van der Waals surface area contributed by atoms with Gasteiger partial charge in [-0.05, 0) is 23.3 Å². The number of benzene rings is 2. The van der Waals surface area contributed by atoms with E-state index in [9.17, 15) is 4.79 Å². The second-order valence-electron chi connectivity index (χ2n) is 6.01. The maximum absolute atomic E-state index is 12.5. The molecule has 0 aliphatic rings. The van der Waals surface area contributed by atoms with Crippen LogP contribution in [0.3, 0.4) is 0 Å². The summed E-state index contributed by atoms with van der Waals surface area (Å²) in [4.78, 5) is 21.5. The molecule has 4 rings (SSSR count). The molecule has 0 saturated carbocycles. The van der Waals surface area contributed by atoms with Gasteiger partial charge in [0.25, 0.3) is 5.91 Å². The third-order valence-electron chi connectivity index (χ3n) is 4.06. The normalized spacial score (nSPS) is 11.6. The van der Waals surface area contributed by atoms with Crippen LogP contribution in [0.4, 0.5) is 0 Å². The van der Waals surface area contributed by atoms with Crippen LogP contribution in [0.5, 0.6) is 0 Å². The predicted molar refractivity (Wildman–Crippen MR) is 103 cm³/mol. The van der Waals surface area contributed by atoms with Gasteiger partial charge in [-0.1, -0.05) is 42.5 Å². The SMILES string of the molecule is O=C(N=c1sccn1Cc1ccccc1)c1ccc(Cn2cncn2)cc1. The summed E-state index contributed by atoms with van der Waals surface area (Å²) >= 11 is 1.45. The number of amides is 1. The van der Waals surface area contributed by atoms with Crippen LogP contribution in [0.1, 0.15) is 21.5 Å². The first-order valence-corrected chi connectivity index (χ1v) is 9.34. The summed E-state index contributed by atoms with van der Waals surface area (Å²) in [5, 5.41) is 6.02. The highest BCUT2D eigenvalue weighted by Gasteiger charge is 2.06. The standard InChI is InChI=1S/C20H17N5OS/c26-19(18-8-6-17(7-9-18)13-25-15-21-14-22-25)23-20-24(10-11-27-20)12-16-4-2-1-3-5-16/h1-11,14-15H,12-13H2. The molecule has 0 bridgehead atoms. The smallest absolute Gasteiger partial charge is 0.279 e. The number of nitrogens with zero attached hydrogens (tertiary/aromatic N) is 5. The molecule has 6 nitrogen and oxygen atoms in total. The van der Waals surface area contributed by atoms with Crippen molar-refractivity contribution in [3.05, 3.63) is 100 Å². The van der Waals surface area contributed by atoms with Crippen molar-refractivity contribution in [1.82, 2.24) is 19.3 Å². The largest absolute Gasteiger partial charge is 0.319 e. The Labute approximate surface area is 160 Å². The molecule has 0 radical (unpaired) electrons. The van der Waals surface area contributed by atoms with Gasteiger partial charge in [0.1, 0.15) is 12.7 Å². The Morgan fingerprint density at radius 1 is 1.00 bits per heavy atom. The summed E-state index contributed by atoms with van der Waals surface area (Å²) in [6.45, 7) is 1.31. The van der Waals surface area contributed by atoms with Gasteiger partial charge in [-0.2, -0.15) is 10.1 Å². The highest BCUT2D eigenvalue weighted by atomic mass is 32.1. The summed E-state index contributed by atoms with van der Waals surface area (Å²) in [7, 11) is 0. The molecule has 27 heavy (non-hydrogen) atoms. The fourth-order valence-corrected chi connectivity index (χ4v) is 3.42. The second-order valence-corrected chi connectivity index (χ2v) is 6.88. The van der Waals surface area contributed by atoms with Gasteiger partial charge in [0.05, 0.1) is 6.54 Å². The molecular weight excluding hydrogens is 358 g/mol. The molecule has 0 fully saturated rings. The van der Waals surface area contributed by atoms with E-state index in [0.717, 1.165) is 5.56 Å². The summed E-state index contributed by atoms with van der Waals surface area (Å²) in [6.07, 6.45) is 5.12. The van der Waals surface area contributed by atoms with Crippen LogP contribution in [-0.2, 0) is 13.1 Å². The molecule has 134 valence electrons. The van der Waals surface area contributed by atoms with Crippen molar-refractivity contribution in [2.45, 2.75) is 13.1 Å². The zero-order valence-corrected chi connectivity index (χ0v) is 15.3. The Bertz CT molecular complexity index is 1080. The van der Waals surface area contributed by atoms with Crippen LogP contribution in [0.15, 0.2) is 83.8 Å². The first kappa shape index (κ1) is 17.1. The van der Waals surface area contributed by atoms with E-state index in [1.807, 2.05) is 46.5 Å². The monoisotopic (exact) mass is 375 g/mol. The molecule has 0 spiro atoms. The Hall–Kier alpha value is -3.32. The highest BCUT2D eigenvalue weighted by Crippen LogP contribution is 2.08. The molecule has 0 unspecified atom stereocenters. The minimum atomic E-state index is -0.244. The molecular formula is C20H17N5OS. The van der Waals surface area contributed by atoms with E-state index in [4.69, 9.17) is 0 Å². The van der Waals surface area contributed by atoms with Crippen molar-refractivity contribution in [2.75, 3.05) is 0 Å². The lowest BCUT2D eigenvalue weighted by Crippen LogP contribution is -2.17. The number of rotatable bonds is 5. The molecule has 2 heterocycles. The van der Waals surface area contributed by atoms with Crippen molar-refractivity contribution in [1.29, 1.82) is 0 Å². The number of thiazole rings is 1. The molecule has 0 saturated heterocycles. The zero-order valence-electron chi connectivity index (χ0n) is 14.5. The van der Waals surface area contributed by atoms with E-state index in [-0.39, 0.29) is 5.91 Å². The third kappa shape index (κ3) is 4.27. The van der Waals surface area contributed by atoms with Gasteiger partial charge in [-0.3, -0.25) is 4.79 Å². The summed E-state index contributed by atoms with van der Waals surface area (Å²) < 4.78 is 3.72. The lowest BCUT2D eigenvalue weighted by atomic mass is 10.1. The lowest BCUT2D eigenvalue weighted by molar-refractivity contribution is 0.0998. The Kier molecular flexibility index (Phi) is 5.02. The first-order valence-electron chi connectivity index (χ1n) is 8.46. The molecule has 7 heteroatoms. The van der Waals surface area contributed by atoms with Gasteiger partial charge in [-0.25, -0.2) is 9.67 Å². The van der Waals surface area contributed by atoms with E-state index in [1.165, 1.54) is 23.2 Å². The number of carbonyl (C=O) groups excluding carboxylic acids is 1. The fourth-order valence-electron chi connectivity index (χ4n) is 2.69. The number of hydrogen-bond donors (Lipinski definition) is 0. The van der Waals surface area contributed by atoms with Gasteiger partial charge < -0.3 is 4.57 Å². The van der Waals surface area contributed by atoms with Crippen LogP contribution in [0.25, 0.3) is 0 Å². The van der Waals surface area contributed by atoms with Crippen molar-refractivity contribution < 1.29 is 4.79 Å². The van der Waals surface area contributed by atoms with Crippen molar-refractivity contribution in [3.8, 4) is 0 Å². The quantitative estimate of drug-likeness (QED) is 0.539. The first-order chi connectivity index (χ1) is 13.3. The van der Waals surface area contributed by atoms with E-state index in [0.29, 0.717) is 23.5 Å². The Morgan fingerprint density at radius 2 is 1.78 bits per heavy atom. The predicted octanol–water partition coefficient (Wildman–Crippen LogP) is 2.98. The molecule has 0 atom stereocenters.